The number of benzene rings is 3. The van der Waals surface area contributed by atoms with Crippen LogP contribution in [-0.2, 0) is 40.7 Å². The largest absolute Gasteiger partial charge is 0.387 e. The topological polar surface area (TPSA) is 176 Å². The molecule has 0 aliphatic carbocycles. The smallest absolute Gasteiger partial charge is 0.251 e. The summed E-state index contributed by atoms with van der Waals surface area (Å²) in [5, 5.41) is 19.5. The van der Waals surface area contributed by atoms with Crippen molar-refractivity contribution in [2.75, 3.05) is 19.3 Å². The Kier molecular flexibility index (Phi) is 12.0. The van der Waals surface area contributed by atoms with E-state index in [-0.39, 0.29) is 35.7 Å². The second-order valence-electron chi connectivity index (χ2n) is 11.1. The van der Waals surface area contributed by atoms with Crippen molar-refractivity contribution < 1.29 is 23.1 Å². The van der Waals surface area contributed by atoms with Gasteiger partial charge in [0, 0.05) is 43.0 Å². The molecule has 0 bridgehead atoms. The molecule has 0 aliphatic rings. The molecule has 12 heteroatoms. The summed E-state index contributed by atoms with van der Waals surface area (Å²) in [5.74, 6) is -0.00363. The van der Waals surface area contributed by atoms with Crippen LogP contribution in [0.3, 0.4) is 0 Å². The van der Waals surface area contributed by atoms with Gasteiger partial charge in [0.05, 0.1) is 17.4 Å². The molecule has 4 rings (SSSR count). The fourth-order valence-corrected chi connectivity index (χ4v) is 5.58. The number of rotatable bonds is 15. The standard InChI is InChI=1S/C34H40N6O5S/c1-23(37-22-31(41)29-13-14-32(35)38-21-29)15-25-5-3-6-26(16-25)18-33(42)39-19-24-9-11-28(12-10-24)34(43)40-20-27-7-4-8-30(17-27)46(44,45)36-2/h3-14,16-17,21,23,31,36-37,41H,15,18-20,22H2,1-2H3,(H2,35,38)(H,39,42)(H,40,43)/t23-,31-/m1/s1. The Morgan fingerprint density at radius 3 is 2.28 bits per heavy atom. The maximum absolute atomic E-state index is 12.7. The van der Waals surface area contributed by atoms with Crippen molar-refractivity contribution in [3.05, 3.63) is 125 Å². The lowest BCUT2D eigenvalue weighted by Crippen LogP contribution is -2.32. The minimum absolute atomic E-state index is 0.0962. The van der Waals surface area contributed by atoms with E-state index in [0.29, 0.717) is 35.6 Å². The first-order valence-corrected chi connectivity index (χ1v) is 16.4. The van der Waals surface area contributed by atoms with Crippen molar-refractivity contribution >= 4 is 27.7 Å². The van der Waals surface area contributed by atoms with E-state index in [4.69, 9.17) is 5.73 Å². The summed E-state index contributed by atoms with van der Waals surface area (Å²) >= 11 is 0. The van der Waals surface area contributed by atoms with E-state index in [1.54, 1.807) is 54.7 Å². The van der Waals surface area contributed by atoms with Gasteiger partial charge in [-0.3, -0.25) is 9.59 Å². The highest BCUT2D eigenvalue weighted by atomic mass is 32.2. The van der Waals surface area contributed by atoms with Crippen molar-refractivity contribution in [3.63, 3.8) is 0 Å². The van der Waals surface area contributed by atoms with Gasteiger partial charge in [0.1, 0.15) is 5.82 Å². The maximum atomic E-state index is 12.7. The SMILES string of the molecule is CNS(=O)(=O)c1cccc(CNC(=O)c2ccc(CNC(=O)Cc3cccc(C[C@@H](C)NC[C@@H](O)c4ccc(N)nc4)c3)cc2)c1. The number of amides is 2. The summed E-state index contributed by atoms with van der Waals surface area (Å²) in [6.45, 7) is 2.91. The number of hydrogen-bond acceptors (Lipinski definition) is 8. The number of nitrogen functional groups attached to an aromatic ring is 1. The van der Waals surface area contributed by atoms with Crippen molar-refractivity contribution in [2.45, 2.75) is 49.9 Å². The van der Waals surface area contributed by atoms with E-state index in [0.717, 1.165) is 23.1 Å². The molecular formula is C34H40N6O5S. The predicted octanol–water partition coefficient (Wildman–Crippen LogP) is 2.62. The normalized spacial score (nSPS) is 12.7. The van der Waals surface area contributed by atoms with Crippen LogP contribution in [0.5, 0.6) is 0 Å². The van der Waals surface area contributed by atoms with Gasteiger partial charge < -0.3 is 26.8 Å². The summed E-state index contributed by atoms with van der Waals surface area (Å²) in [4.78, 5) is 29.5. The number of carbonyl (C=O) groups excluding carboxylic acids is 2. The molecule has 0 unspecified atom stereocenters. The van der Waals surface area contributed by atoms with E-state index < -0.39 is 16.1 Å². The Bertz CT molecular complexity index is 1730. The van der Waals surface area contributed by atoms with E-state index in [1.165, 1.54) is 19.2 Å². The van der Waals surface area contributed by atoms with Crippen molar-refractivity contribution in [3.8, 4) is 0 Å². The number of anilines is 1. The lowest BCUT2D eigenvalue weighted by Gasteiger charge is -2.18. The zero-order valence-electron chi connectivity index (χ0n) is 25.9. The first-order valence-electron chi connectivity index (χ1n) is 14.9. The number of aromatic nitrogens is 1. The van der Waals surface area contributed by atoms with Gasteiger partial charge in [0.25, 0.3) is 5.91 Å². The Morgan fingerprint density at radius 1 is 0.870 bits per heavy atom. The number of hydrogen-bond donors (Lipinski definition) is 6. The van der Waals surface area contributed by atoms with Gasteiger partial charge in [0.2, 0.25) is 15.9 Å². The van der Waals surface area contributed by atoms with Gasteiger partial charge in [-0.05, 0) is 73.0 Å². The van der Waals surface area contributed by atoms with Crippen LogP contribution in [0.1, 0.15) is 51.2 Å². The molecule has 11 nitrogen and oxygen atoms in total. The molecule has 1 heterocycles. The third kappa shape index (κ3) is 10.2. The average Bonchev–Trinajstić information content (AvgIpc) is 3.06. The Morgan fingerprint density at radius 2 is 1.57 bits per heavy atom. The van der Waals surface area contributed by atoms with Crippen LogP contribution in [0, 0.1) is 0 Å². The second kappa shape index (κ2) is 16.1. The second-order valence-corrected chi connectivity index (χ2v) is 12.9. The van der Waals surface area contributed by atoms with Gasteiger partial charge in [-0.1, -0.05) is 54.6 Å². The minimum Gasteiger partial charge on any atom is -0.387 e. The van der Waals surface area contributed by atoms with Crippen LogP contribution in [0.25, 0.3) is 0 Å². The molecule has 0 spiro atoms. The van der Waals surface area contributed by atoms with Gasteiger partial charge in [-0.15, -0.1) is 0 Å². The molecule has 242 valence electrons. The number of carbonyl (C=O) groups is 2. The number of pyridine rings is 1. The molecule has 1 aromatic heterocycles. The quantitative estimate of drug-likeness (QED) is 0.114. The Balaban J connectivity index is 1.20. The third-order valence-corrected chi connectivity index (χ3v) is 8.80. The molecule has 0 saturated heterocycles. The minimum atomic E-state index is -3.57. The number of nitrogens with two attached hydrogens (primary N) is 1. The summed E-state index contributed by atoms with van der Waals surface area (Å²) < 4.78 is 26.3. The van der Waals surface area contributed by atoms with Gasteiger partial charge >= 0.3 is 0 Å². The van der Waals surface area contributed by atoms with Crippen LogP contribution in [0.4, 0.5) is 5.82 Å². The first kappa shape index (κ1) is 34.3. The van der Waals surface area contributed by atoms with E-state index in [1.807, 2.05) is 31.2 Å². The zero-order valence-corrected chi connectivity index (χ0v) is 26.7. The van der Waals surface area contributed by atoms with Crippen LogP contribution in [0.2, 0.25) is 0 Å². The van der Waals surface area contributed by atoms with Crippen LogP contribution in [0.15, 0.2) is 96.0 Å². The third-order valence-electron chi connectivity index (χ3n) is 7.39. The Labute approximate surface area is 269 Å². The van der Waals surface area contributed by atoms with E-state index in [2.05, 4.69) is 25.7 Å². The highest BCUT2D eigenvalue weighted by Gasteiger charge is 2.13. The van der Waals surface area contributed by atoms with Crippen LogP contribution in [-0.4, -0.2) is 50.0 Å². The lowest BCUT2D eigenvalue weighted by atomic mass is 10.0. The molecule has 0 aliphatic heterocycles. The molecule has 2 amide bonds. The van der Waals surface area contributed by atoms with Crippen molar-refractivity contribution in [1.82, 2.24) is 25.7 Å². The molecule has 46 heavy (non-hydrogen) atoms. The molecule has 2 atom stereocenters. The van der Waals surface area contributed by atoms with Crippen molar-refractivity contribution in [2.24, 2.45) is 0 Å². The predicted molar refractivity (Wildman–Crippen MR) is 177 cm³/mol. The summed E-state index contributed by atoms with van der Waals surface area (Å²) in [6, 6.07) is 24.7. The first-order chi connectivity index (χ1) is 22.0. The molecule has 7 N–H and O–H groups in total. The number of sulfonamides is 1. The zero-order chi connectivity index (χ0) is 33.1. The maximum Gasteiger partial charge on any atom is 0.251 e. The number of aliphatic hydroxyl groups is 1. The Hall–Kier alpha value is -4.62. The van der Waals surface area contributed by atoms with Gasteiger partial charge in [-0.2, -0.15) is 0 Å². The molecule has 0 fully saturated rings. The molecule has 0 saturated carbocycles. The fourth-order valence-electron chi connectivity index (χ4n) is 4.78. The summed E-state index contributed by atoms with van der Waals surface area (Å²) in [6.07, 6.45) is 1.84. The monoisotopic (exact) mass is 644 g/mol. The van der Waals surface area contributed by atoms with E-state index in [9.17, 15) is 23.1 Å². The van der Waals surface area contributed by atoms with Gasteiger partial charge in [0.15, 0.2) is 0 Å². The average molecular weight is 645 g/mol. The lowest BCUT2D eigenvalue weighted by molar-refractivity contribution is -0.120. The molecule has 4 aromatic rings. The highest BCUT2D eigenvalue weighted by molar-refractivity contribution is 7.89. The fraction of sp³-hybridized carbons (Fsp3) is 0.265. The number of aliphatic hydroxyl groups excluding tert-OH is 1. The number of nitrogens with one attached hydrogen (secondary N) is 4. The van der Waals surface area contributed by atoms with Gasteiger partial charge in [-0.25, -0.2) is 18.1 Å². The van der Waals surface area contributed by atoms with Crippen LogP contribution < -0.4 is 26.4 Å². The van der Waals surface area contributed by atoms with Crippen molar-refractivity contribution in [1.29, 1.82) is 0 Å². The molecular weight excluding hydrogens is 604 g/mol. The highest BCUT2D eigenvalue weighted by Crippen LogP contribution is 2.14. The summed E-state index contributed by atoms with van der Waals surface area (Å²) in [7, 11) is -2.23. The molecule has 0 radical (unpaired) electrons. The summed E-state index contributed by atoms with van der Waals surface area (Å²) in [5.41, 5.74) is 10.2. The number of nitrogens with zero attached hydrogens (tertiary/aromatic N) is 1. The van der Waals surface area contributed by atoms with Crippen LogP contribution >= 0.6 is 0 Å². The molecule has 3 aromatic carbocycles. The van der Waals surface area contributed by atoms with E-state index >= 15 is 0 Å².